The lowest BCUT2D eigenvalue weighted by Gasteiger charge is -2.31. The van der Waals surface area contributed by atoms with Crippen LogP contribution in [0.1, 0.15) is 56.6 Å². The Hall–Kier alpha value is -1.44. The number of carbonyl (C=O) groups excluding carboxylic acids is 1. The van der Waals surface area contributed by atoms with Crippen LogP contribution >= 0.6 is 0 Å². The van der Waals surface area contributed by atoms with Crippen molar-refractivity contribution in [3.63, 3.8) is 0 Å². The first-order chi connectivity index (χ1) is 14.4. The van der Waals surface area contributed by atoms with E-state index in [0.29, 0.717) is 49.5 Å². The van der Waals surface area contributed by atoms with Gasteiger partial charge in [-0.2, -0.15) is 4.31 Å². The molecule has 3 aliphatic rings. The lowest BCUT2D eigenvalue weighted by atomic mass is 9.92. The van der Waals surface area contributed by atoms with Crippen LogP contribution in [-0.4, -0.2) is 62.3 Å². The van der Waals surface area contributed by atoms with Crippen molar-refractivity contribution in [2.45, 2.75) is 75.3 Å². The third-order valence-corrected chi connectivity index (χ3v) is 9.07. The molecular weight excluding hydrogens is 398 g/mol. The molecule has 1 aromatic carbocycles. The van der Waals surface area contributed by atoms with Gasteiger partial charge in [-0.1, -0.05) is 6.07 Å². The summed E-state index contributed by atoms with van der Waals surface area (Å²) in [5.74, 6) is -0.0321. The number of hydrogen-bond acceptors (Lipinski definition) is 4. The van der Waals surface area contributed by atoms with Crippen molar-refractivity contribution in [1.82, 2.24) is 14.5 Å². The molecule has 2 aliphatic carbocycles. The molecule has 7 heteroatoms. The monoisotopic (exact) mass is 433 g/mol. The van der Waals surface area contributed by atoms with Gasteiger partial charge >= 0.3 is 0 Å². The first-order valence-corrected chi connectivity index (χ1v) is 12.9. The first kappa shape index (κ1) is 21.8. The summed E-state index contributed by atoms with van der Waals surface area (Å²) in [4.78, 5) is 15.3. The van der Waals surface area contributed by atoms with Crippen LogP contribution < -0.4 is 5.32 Å². The summed E-state index contributed by atoms with van der Waals surface area (Å²) in [5, 5.41) is 3.09. The number of nitrogens with one attached hydrogen (secondary N) is 1. The Kier molecular flexibility index (Phi) is 6.51. The molecule has 1 saturated heterocycles. The molecule has 1 aromatic rings. The average Bonchev–Trinajstić information content (AvgIpc) is 3.62. The molecule has 1 saturated carbocycles. The molecule has 0 aromatic heterocycles. The zero-order valence-corrected chi connectivity index (χ0v) is 19.1. The molecule has 6 nitrogen and oxygen atoms in total. The zero-order chi connectivity index (χ0) is 21.3. The SMILES string of the molecule is CC(CNC(=O)C1CCN(S(=O)(=O)c2ccc3c(c2)CCCC3)CC1)N(C)C1CC1. The van der Waals surface area contributed by atoms with Crippen LogP contribution in [0.5, 0.6) is 0 Å². The number of rotatable bonds is 7. The molecule has 1 unspecified atom stereocenters. The molecule has 0 spiro atoms. The van der Waals surface area contributed by atoms with Gasteiger partial charge in [0.15, 0.2) is 0 Å². The summed E-state index contributed by atoms with van der Waals surface area (Å²) in [6.45, 7) is 3.62. The number of sulfonamides is 1. The lowest BCUT2D eigenvalue weighted by molar-refractivity contribution is -0.126. The lowest BCUT2D eigenvalue weighted by Crippen LogP contribution is -2.46. The molecule has 1 atom stereocenters. The van der Waals surface area contributed by atoms with E-state index in [1.165, 1.54) is 30.4 Å². The van der Waals surface area contributed by atoms with Crippen LogP contribution in [0.2, 0.25) is 0 Å². The number of likely N-dealkylation sites (N-methyl/N-ethyl adjacent to an activating group) is 1. The van der Waals surface area contributed by atoms with Crippen LogP contribution in [0.25, 0.3) is 0 Å². The van der Waals surface area contributed by atoms with Gasteiger partial charge in [0.05, 0.1) is 4.90 Å². The summed E-state index contributed by atoms with van der Waals surface area (Å²) in [6.07, 6.45) is 8.01. The van der Waals surface area contributed by atoms with E-state index in [2.05, 4.69) is 24.2 Å². The second kappa shape index (κ2) is 8.97. The molecule has 1 aliphatic heterocycles. The van der Waals surface area contributed by atoms with Gasteiger partial charge in [-0.25, -0.2) is 8.42 Å². The van der Waals surface area contributed by atoms with Crippen LogP contribution in [0, 0.1) is 5.92 Å². The predicted octanol–water partition coefficient (Wildman–Crippen LogP) is 2.57. The number of aryl methyl sites for hydroxylation is 2. The van der Waals surface area contributed by atoms with Gasteiger partial charge in [0, 0.05) is 37.6 Å². The molecule has 166 valence electrons. The Morgan fingerprint density at radius 2 is 1.80 bits per heavy atom. The smallest absolute Gasteiger partial charge is 0.243 e. The van der Waals surface area contributed by atoms with E-state index in [1.54, 1.807) is 10.4 Å². The van der Waals surface area contributed by atoms with E-state index in [9.17, 15) is 13.2 Å². The van der Waals surface area contributed by atoms with Crippen molar-refractivity contribution < 1.29 is 13.2 Å². The number of carbonyl (C=O) groups is 1. The highest BCUT2D eigenvalue weighted by Crippen LogP contribution is 2.29. The molecular formula is C23H35N3O3S. The van der Waals surface area contributed by atoms with Crippen LogP contribution in [0.4, 0.5) is 0 Å². The van der Waals surface area contributed by atoms with E-state index >= 15 is 0 Å². The summed E-state index contributed by atoms with van der Waals surface area (Å²) in [7, 11) is -1.37. The van der Waals surface area contributed by atoms with E-state index in [1.807, 2.05) is 12.1 Å². The molecule has 0 bridgehead atoms. The quantitative estimate of drug-likeness (QED) is 0.718. The summed E-state index contributed by atoms with van der Waals surface area (Å²) < 4.78 is 27.8. The van der Waals surface area contributed by atoms with E-state index < -0.39 is 10.0 Å². The summed E-state index contributed by atoms with van der Waals surface area (Å²) in [6, 6.07) is 6.62. The van der Waals surface area contributed by atoms with Crippen molar-refractivity contribution in [3.05, 3.63) is 29.3 Å². The number of nitrogens with zero attached hydrogens (tertiary/aromatic N) is 2. The molecule has 1 amide bonds. The highest BCUT2D eigenvalue weighted by Gasteiger charge is 2.33. The van der Waals surface area contributed by atoms with Crippen molar-refractivity contribution in [1.29, 1.82) is 0 Å². The fraction of sp³-hybridized carbons (Fsp3) is 0.696. The third kappa shape index (κ3) is 4.73. The van der Waals surface area contributed by atoms with Crippen molar-refractivity contribution in [3.8, 4) is 0 Å². The Balaban J connectivity index is 1.30. The zero-order valence-electron chi connectivity index (χ0n) is 18.3. The van der Waals surface area contributed by atoms with E-state index in [0.717, 1.165) is 19.3 Å². The van der Waals surface area contributed by atoms with Crippen LogP contribution in [-0.2, 0) is 27.7 Å². The van der Waals surface area contributed by atoms with Gasteiger partial charge in [-0.15, -0.1) is 0 Å². The highest BCUT2D eigenvalue weighted by atomic mass is 32.2. The van der Waals surface area contributed by atoms with Gasteiger partial charge in [0.1, 0.15) is 0 Å². The van der Waals surface area contributed by atoms with E-state index in [4.69, 9.17) is 0 Å². The van der Waals surface area contributed by atoms with Crippen LogP contribution in [0.15, 0.2) is 23.1 Å². The number of hydrogen-bond donors (Lipinski definition) is 1. The van der Waals surface area contributed by atoms with Gasteiger partial charge < -0.3 is 5.32 Å². The molecule has 30 heavy (non-hydrogen) atoms. The second-order valence-electron chi connectivity index (χ2n) is 9.31. The van der Waals surface area contributed by atoms with Gasteiger partial charge in [0.25, 0.3) is 0 Å². The highest BCUT2D eigenvalue weighted by molar-refractivity contribution is 7.89. The minimum absolute atomic E-state index is 0.0666. The van der Waals surface area contributed by atoms with Gasteiger partial charge in [-0.05, 0) is 88.6 Å². The van der Waals surface area contributed by atoms with Crippen molar-refractivity contribution in [2.75, 3.05) is 26.7 Å². The van der Waals surface area contributed by atoms with Crippen molar-refractivity contribution in [2.24, 2.45) is 5.92 Å². The average molecular weight is 434 g/mol. The normalized spacial score (nSPS) is 22.0. The van der Waals surface area contributed by atoms with Gasteiger partial charge in [0.2, 0.25) is 15.9 Å². The maximum Gasteiger partial charge on any atom is 0.243 e. The third-order valence-electron chi connectivity index (χ3n) is 7.17. The topological polar surface area (TPSA) is 69.7 Å². The van der Waals surface area contributed by atoms with Gasteiger partial charge in [-0.3, -0.25) is 9.69 Å². The number of piperidine rings is 1. The molecule has 1 heterocycles. The molecule has 0 radical (unpaired) electrons. The van der Waals surface area contributed by atoms with Crippen molar-refractivity contribution >= 4 is 15.9 Å². The second-order valence-corrected chi connectivity index (χ2v) is 11.2. The Morgan fingerprint density at radius 3 is 2.47 bits per heavy atom. The molecule has 2 fully saturated rings. The Labute approximate surface area is 181 Å². The summed E-state index contributed by atoms with van der Waals surface area (Å²) >= 11 is 0. The molecule has 4 rings (SSSR count). The fourth-order valence-corrected chi connectivity index (χ4v) is 6.28. The largest absolute Gasteiger partial charge is 0.354 e. The minimum Gasteiger partial charge on any atom is -0.354 e. The molecule has 1 N–H and O–H groups in total. The minimum atomic E-state index is -3.49. The number of fused-ring (bicyclic) bond motifs is 1. The number of amides is 1. The van der Waals surface area contributed by atoms with E-state index in [-0.39, 0.29) is 11.8 Å². The number of benzene rings is 1. The standard InChI is InChI=1S/C23H35N3O3S/c1-17(25(2)21-8-9-21)16-24-23(27)19-11-13-26(14-12-19)30(28,29)22-10-7-18-5-3-4-6-20(18)15-22/h7,10,15,17,19,21H,3-6,8-9,11-14,16H2,1-2H3,(H,24,27). The fourth-order valence-electron chi connectivity index (χ4n) is 4.76. The van der Waals surface area contributed by atoms with Crippen LogP contribution in [0.3, 0.4) is 0 Å². The predicted molar refractivity (Wildman–Crippen MR) is 118 cm³/mol. The maximum atomic E-state index is 13.1. The Morgan fingerprint density at radius 1 is 1.13 bits per heavy atom. The Bertz CT molecular complexity index is 874. The summed E-state index contributed by atoms with van der Waals surface area (Å²) in [5.41, 5.74) is 2.47. The maximum absolute atomic E-state index is 13.1. The first-order valence-electron chi connectivity index (χ1n) is 11.5.